The molecule has 0 atom stereocenters. The van der Waals surface area contributed by atoms with E-state index in [9.17, 15) is 22.0 Å². The Hall–Kier alpha value is -2.43. The van der Waals surface area contributed by atoms with Crippen molar-refractivity contribution in [3.63, 3.8) is 0 Å². The van der Waals surface area contributed by atoms with E-state index in [1.165, 1.54) is 28.6 Å². The first-order valence-electron chi connectivity index (χ1n) is 7.74. The van der Waals surface area contributed by atoms with Gasteiger partial charge in [0.1, 0.15) is 41.4 Å². The summed E-state index contributed by atoms with van der Waals surface area (Å²) in [6, 6.07) is 2.40. The summed E-state index contributed by atoms with van der Waals surface area (Å²) in [6.07, 6.45) is -3.37. The topological polar surface area (TPSA) is 52.3 Å². The fraction of sp³-hybridized carbons (Fsp3) is 0.312. The highest BCUT2D eigenvalue weighted by Gasteiger charge is 2.33. The molecule has 0 unspecified atom stereocenters. The van der Waals surface area contributed by atoms with Crippen molar-refractivity contribution in [3.8, 4) is 17.1 Å². The zero-order valence-electron chi connectivity index (χ0n) is 13.9. The highest BCUT2D eigenvalue weighted by atomic mass is 32.2. The summed E-state index contributed by atoms with van der Waals surface area (Å²) in [6.45, 7) is 1.14. The minimum atomic E-state index is -4.57. The van der Waals surface area contributed by atoms with Crippen LogP contribution in [0.15, 0.2) is 35.7 Å². The van der Waals surface area contributed by atoms with Crippen molar-refractivity contribution in [3.05, 3.63) is 36.5 Å². The SMILES string of the molecule is CCSc1cc(OCC(F)F)cnc1-c1cn2cnc(C(F)(F)F)cc2n1. The lowest BCUT2D eigenvalue weighted by Gasteiger charge is -2.09. The summed E-state index contributed by atoms with van der Waals surface area (Å²) in [7, 11) is 0. The van der Waals surface area contributed by atoms with Crippen molar-refractivity contribution in [1.29, 1.82) is 0 Å². The summed E-state index contributed by atoms with van der Waals surface area (Å²) in [5, 5.41) is 0. The van der Waals surface area contributed by atoms with E-state index in [0.29, 0.717) is 22.0 Å². The molecule has 0 saturated carbocycles. The average molecular weight is 404 g/mol. The van der Waals surface area contributed by atoms with E-state index < -0.39 is 24.9 Å². The van der Waals surface area contributed by atoms with Gasteiger partial charge in [-0.2, -0.15) is 13.2 Å². The van der Waals surface area contributed by atoms with Crippen molar-refractivity contribution in [1.82, 2.24) is 19.4 Å². The number of imidazole rings is 1. The monoisotopic (exact) mass is 404 g/mol. The number of rotatable bonds is 6. The second kappa shape index (κ2) is 7.67. The molecule has 0 aliphatic carbocycles. The van der Waals surface area contributed by atoms with Crippen LogP contribution in [0.3, 0.4) is 0 Å². The number of hydrogen-bond donors (Lipinski definition) is 0. The van der Waals surface area contributed by atoms with Gasteiger partial charge in [0.25, 0.3) is 6.43 Å². The van der Waals surface area contributed by atoms with E-state index in [1.54, 1.807) is 6.07 Å². The molecule has 0 amide bonds. The molecule has 144 valence electrons. The number of nitrogens with zero attached hydrogens (tertiary/aromatic N) is 4. The van der Waals surface area contributed by atoms with Crippen molar-refractivity contribution in [2.75, 3.05) is 12.4 Å². The van der Waals surface area contributed by atoms with Crippen LogP contribution < -0.4 is 4.74 Å². The molecule has 5 nitrogen and oxygen atoms in total. The summed E-state index contributed by atoms with van der Waals surface area (Å²) >= 11 is 1.39. The predicted octanol–water partition coefficient (Wildman–Crippen LogP) is 4.57. The van der Waals surface area contributed by atoms with Gasteiger partial charge in [0, 0.05) is 17.2 Å². The van der Waals surface area contributed by atoms with Gasteiger partial charge in [-0.05, 0) is 11.8 Å². The molecule has 3 heterocycles. The van der Waals surface area contributed by atoms with Crippen LogP contribution in [0.4, 0.5) is 22.0 Å². The van der Waals surface area contributed by atoms with Crippen LogP contribution in [-0.2, 0) is 6.18 Å². The van der Waals surface area contributed by atoms with E-state index in [2.05, 4.69) is 15.0 Å². The first kappa shape index (κ1) is 19.3. The van der Waals surface area contributed by atoms with E-state index >= 15 is 0 Å². The molecule has 3 aromatic heterocycles. The lowest BCUT2D eigenvalue weighted by atomic mass is 10.3. The molecular weight excluding hydrogens is 391 g/mol. The number of thioether (sulfide) groups is 1. The van der Waals surface area contributed by atoms with Gasteiger partial charge in [-0.3, -0.25) is 4.40 Å². The molecule has 0 aliphatic rings. The Kier molecular flexibility index (Phi) is 5.49. The van der Waals surface area contributed by atoms with E-state index in [0.717, 1.165) is 12.4 Å². The van der Waals surface area contributed by atoms with Crippen LogP contribution in [0, 0.1) is 0 Å². The highest BCUT2D eigenvalue weighted by molar-refractivity contribution is 7.99. The smallest absolute Gasteiger partial charge is 0.433 e. The molecule has 27 heavy (non-hydrogen) atoms. The minimum absolute atomic E-state index is 0.0691. The summed E-state index contributed by atoms with van der Waals surface area (Å²) in [5.74, 6) is 0.847. The summed E-state index contributed by atoms with van der Waals surface area (Å²) in [4.78, 5) is 12.4. The number of aromatic nitrogens is 4. The summed E-state index contributed by atoms with van der Waals surface area (Å²) < 4.78 is 69.3. The zero-order valence-corrected chi connectivity index (χ0v) is 14.7. The summed E-state index contributed by atoms with van der Waals surface area (Å²) in [5.41, 5.74) is -0.213. The lowest BCUT2D eigenvalue weighted by Crippen LogP contribution is -2.08. The molecule has 0 aromatic carbocycles. The van der Waals surface area contributed by atoms with Gasteiger partial charge in [0.05, 0.1) is 6.20 Å². The maximum atomic E-state index is 12.8. The first-order chi connectivity index (χ1) is 12.8. The Labute approximate surface area is 154 Å². The number of pyridine rings is 1. The third kappa shape index (κ3) is 4.46. The maximum absolute atomic E-state index is 12.8. The number of ether oxygens (including phenoxy) is 1. The van der Waals surface area contributed by atoms with Gasteiger partial charge in [-0.1, -0.05) is 6.92 Å². The molecule has 11 heteroatoms. The van der Waals surface area contributed by atoms with Crippen LogP contribution in [0.1, 0.15) is 12.6 Å². The van der Waals surface area contributed by atoms with Crippen molar-refractivity contribution >= 4 is 17.4 Å². The standard InChI is InChI=1S/C16H13F5N4OS/c1-2-27-11-3-9(26-7-13(17)18)5-22-15(11)10-6-25-8-23-12(16(19,20)21)4-14(25)24-10/h3-6,8,13H,2,7H2,1H3. The number of alkyl halides is 5. The maximum Gasteiger partial charge on any atom is 0.433 e. The fourth-order valence-electron chi connectivity index (χ4n) is 2.28. The molecule has 0 saturated heterocycles. The lowest BCUT2D eigenvalue weighted by molar-refractivity contribution is -0.141. The Bertz CT molecular complexity index is 944. The molecule has 3 aromatic rings. The molecule has 0 spiro atoms. The third-order valence-electron chi connectivity index (χ3n) is 3.38. The second-order valence-corrected chi connectivity index (χ2v) is 6.62. The Balaban J connectivity index is 1.99. The van der Waals surface area contributed by atoms with E-state index in [1.807, 2.05) is 6.92 Å². The van der Waals surface area contributed by atoms with Crippen molar-refractivity contribution in [2.24, 2.45) is 0 Å². The van der Waals surface area contributed by atoms with E-state index in [-0.39, 0.29) is 11.4 Å². The van der Waals surface area contributed by atoms with Crippen LogP contribution in [0.25, 0.3) is 17.0 Å². The molecule has 0 aliphatic heterocycles. The Morgan fingerprint density at radius 3 is 2.67 bits per heavy atom. The van der Waals surface area contributed by atoms with E-state index in [4.69, 9.17) is 4.74 Å². The number of hydrogen-bond acceptors (Lipinski definition) is 5. The molecule has 3 rings (SSSR count). The fourth-order valence-corrected chi connectivity index (χ4v) is 3.09. The van der Waals surface area contributed by atoms with Gasteiger partial charge >= 0.3 is 6.18 Å². The number of fused-ring (bicyclic) bond motifs is 1. The highest BCUT2D eigenvalue weighted by Crippen LogP contribution is 2.33. The van der Waals surface area contributed by atoms with Gasteiger partial charge in [0.15, 0.2) is 0 Å². The van der Waals surface area contributed by atoms with Crippen molar-refractivity contribution in [2.45, 2.75) is 24.4 Å². The molecule has 0 radical (unpaired) electrons. The van der Waals surface area contributed by atoms with Crippen LogP contribution >= 0.6 is 11.8 Å². The quantitative estimate of drug-likeness (QED) is 0.445. The third-order valence-corrected chi connectivity index (χ3v) is 4.30. The number of halogens is 5. The Morgan fingerprint density at radius 1 is 1.22 bits per heavy atom. The largest absolute Gasteiger partial charge is 0.486 e. The molecule has 0 N–H and O–H groups in total. The van der Waals surface area contributed by atoms with Crippen LogP contribution in [0.5, 0.6) is 5.75 Å². The van der Waals surface area contributed by atoms with Crippen LogP contribution in [0.2, 0.25) is 0 Å². The first-order valence-corrected chi connectivity index (χ1v) is 8.72. The predicted molar refractivity (Wildman–Crippen MR) is 89.1 cm³/mol. The minimum Gasteiger partial charge on any atom is -0.486 e. The molecule has 0 bridgehead atoms. The average Bonchev–Trinajstić information content (AvgIpc) is 3.02. The van der Waals surface area contributed by atoms with Crippen molar-refractivity contribution < 1.29 is 26.7 Å². The Morgan fingerprint density at radius 2 is 2.00 bits per heavy atom. The van der Waals surface area contributed by atoms with Crippen LogP contribution in [-0.4, -0.2) is 38.1 Å². The van der Waals surface area contributed by atoms with Gasteiger partial charge in [0.2, 0.25) is 0 Å². The normalized spacial score (nSPS) is 12.1. The van der Waals surface area contributed by atoms with Gasteiger partial charge in [-0.25, -0.2) is 23.7 Å². The molecule has 0 fully saturated rings. The van der Waals surface area contributed by atoms with Gasteiger partial charge in [-0.15, -0.1) is 11.8 Å². The van der Waals surface area contributed by atoms with Gasteiger partial charge < -0.3 is 4.74 Å². The second-order valence-electron chi connectivity index (χ2n) is 5.32. The zero-order chi connectivity index (χ0) is 19.6. The molecular formula is C16H13F5N4OS.